The van der Waals surface area contributed by atoms with E-state index in [0.717, 1.165) is 9.37 Å². The molecule has 1 fully saturated rings. The van der Waals surface area contributed by atoms with Crippen LogP contribution in [-0.2, 0) is 9.59 Å². The summed E-state index contributed by atoms with van der Waals surface area (Å²) >= 11 is 3.30. The third-order valence-electron chi connectivity index (χ3n) is 2.88. The molecule has 100 valence electrons. The van der Waals surface area contributed by atoms with E-state index in [9.17, 15) is 14.4 Å². The minimum atomic E-state index is -0.957. The fourth-order valence-corrected chi connectivity index (χ4v) is 2.45. The molecule has 1 heterocycles. The maximum absolute atomic E-state index is 12.3. The maximum atomic E-state index is 12.3. The Hall–Kier alpha value is -1.69. The highest BCUT2D eigenvalue weighted by atomic mass is 79.9. The highest BCUT2D eigenvalue weighted by molar-refractivity contribution is 9.10. The van der Waals surface area contributed by atoms with E-state index in [2.05, 4.69) is 21.2 Å². The zero-order chi connectivity index (χ0) is 14.0. The Balaban J connectivity index is 2.36. The number of carbonyl (C=O) groups excluding carboxylic acids is 3. The minimum Gasteiger partial charge on any atom is -0.277 e. The van der Waals surface area contributed by atoms with E-state index in [1.165, 1.54) is 0 Å². The van der Waals surface area contributed by atoms with Crippen LogP contribution >= 0.6 is 15.9 Å². The highest BCUT2D eigenvalue weighted by Gasteiger charge is 2.40. The Morgan fingerprint density at radius 3 is 2.68 bits per heavy atom. The van der Waals surface area contributed by atoms with Gasteiger partial charge in [0.05, 0.1) is 0 Å². The van der Waals surface area contributed by atoms with Gasteiger partial charge in [-0.2, -0.15) is 0 Å². The summed E-state index contributed by atoms with van der Waals surface area (Å²) < 4.78 is 0.782. The molecule has 19 heavy (non-hydrogen) atoms. The van der Waals surface area contributed by atoms with Crippen molar-refractivity contribution in [1.29, 1.82) is 0 Å². The molecule has 1 atom stereocenters. The zero-order valence-electron chi connectivity index (χ0n) is 10.4. The van der Waals surface area contributed by atoms with Gasteiger partial charge in [-0.3, -0.25) is 19.8 Å². The van der Waals surface area contributed by atoms with Gasteiger partial charge in [-0.05, 0) is 24.1 Å². The summed E-state index contributed by atoms with van der Waals surface area (Å²) in [5, 5.41) is 2.22. The van der Waals surface area contributed by atoms with Gasteiger partial charge in [-0.25, -0.2) is 4.79 Å². The van der Waals surface area contributed by atoms with Gasteiger partial charge in [-0.1, -0.05) is 35.0 Å². The number of rotatable bonds is 3. The summed E-state index contributed by atoms with van der Waals surface area (Å²) in [6.45, 7) is 2.17. The Labute approximate surface area is 119 Å². The van der Waals surface area contributed by atoms with Crippen LogP contribution < -0.4 is 5.32 Å². The molecular formula is C13H13BrN2O3. The molecule has 1 aromatic carbocycles. The quantitative estimate of drug-likeness (QED) is 0.865. The molecule has 0 aliphatic carbocycles. The molecule has 2 rings (SSSR count). The lowest BCUT2D eigenvalue weighted by Crippen LogP contribution is -2.56. The lowest BCUT2D eigenvalue weighted by atomic mass is 9.95. The molecule has 1 N–H and O–H groups in total. The van der Waals surface area contributed by atoms with E-state index in [1.54, 1.807) is 18.2 Å². The van der Waals surface area contributed by atoms with E-state index >= 15 is 0 Å². The van der Waals surface area contributed by atoms with E-state index in [0.29, 0.717) is 18.5 Å². The normalized spacial score (nSPS) is 19.6. The average Bonchev–Trinajstić information content (AvgIpc) is 2.34. The lowest BCUT2D eigenvalue weighted by Gasteiger charge is -2.30. The summed E-state index contributed by atoms with van der Waals surface area (Å²) in [4.78, 5) is 36.9. The number of imide groups is 2. The smallest absolute Gasteiger partial charge is 0.277 e. The van der Waals surface area contributed by atoms with Gasteiger partial charge in [0.1, 0.15) is 5.92 Å². The van der Waals surface area contributed by atoms with E-state index < -0.39 is 23.8 Å². The monoisotopic (exact) mass is 324 g/mol. The number of nitrogens with one attached hydrogen (secondary N) is 1. The second kappa shape index (κ2) is 5.52. The first-order valence-corrected chi connectivity index (χ1v) is 6.75. The Morgan fingerprint density at radius 2 is 2.05 bits per heavy atom. The summed E-state index contributed by atoms with van der Waals surface area (Å²) in [5.41, 5.74) is 0.575. The minimum absolute atomic E-state index is 0.308. The molecule has 0 saturated carbocycles. The highest BCUT2D eigenvalue weighted by Crippen LogP contribution is 2.25. The summed E-state index contributed by atoms with van der Waals surface area (Å²) in [7, 11) is 0. The van der Waals surface area contributed by atoms with Crippen LogP contribution in [-0.4, -0.2) is 29.3 Å². The van der Waals surface area contributed by atoms with Crippen molar-refractivity contribution in [2.45, 2.75) is 19.3 Å². The summed E-state index contributed by atoms with van der Waals surface area (Å²) in [6.07, 6.45) is 0.651. The van der Waals surface area contributed by atoms with Crippen LogP contribution in [0.2, 0.25) is 0 Å². The number of hydrogen-bond donors (Lipinski definition) is 1. The molecule has 1 unspecified atom stereocenters. The molecule has 1 aliphatic rings. The standard InChI is InChI=1S/C13H13BrN2O3/c1-2-6-16-12(18)10(11(17)15-13(16)19)8-4-3-5-9(14)7-8/h3-5,7,10H,2,6H2,1H3,(H,15,17,19). The molecule has 0 bridgehead atoms. The Kier molecular flexibility index (Phi) is 3.99. The van der Waals surface area contributed by atoms with Crippen molar-refractivity contribution in [3.05, 3.63) is 34.3 Å². The van der Waals surface area contributed by atoms with Crippen LogP contribution in [0.3, 0.4) is 0 Å². The summed E-state index contributed by atoms with van der Waals surface area (Å²) in [5.74, 6) is -1.99. The van der Waals surface area contributed by atoms with Gasteiger partial charge >= 0.3 is 6.03 Å². The van der Waals surface area contributed by atoms with Gasteiger partial charge in [-0.15, -0.1) is 0 Å². The predicted octanol–water partition coefficient (Wildman–Crippen LogP) is 2.02. The van der Waals surface area contributed by atoms with Crippen molar-refractivity contribution >= 4 is 33.8 Å². The SMILES string of the molecule is CCCN1C(=O)NC(=O)C(c2cccc(Br)c2)C1=O. The van der Waals surface area contributed by atoms with Crippen LogP contribution in [0.4, 0.5) is 4.79 Å². The average molecular weight is 325 g/mol. The van der Waals surface area contributed by atoms with Gasteiger partial charge in [0, 0.05) is 11.0 Å². The number of halogens is 1. The largest absolute Gasteiger partial charge is 0.330 e. The molecule has 0 radical (unpaired) electrons. The van der Waals surface area contributed by atoms with E-state index in [4.69, 9.17) is 0 Å². The molecular weight excluding hydrogens is 312 g/mol. The topological polar surface area (TPSA) is 66.5 Å². The van der Waals surface area contributed by atoms with Gasteiger partial charge in [0.25, 0.3) is 0 Å². The number of carbonyl (C=O) groups is 3. The number of barbiturate groups is 1. The number of benzene rings is 1. The van der Waals surface area contributed by atoms with Crippen LogP contribution in [0, 0.1) is 0 Å². The summed E-state index contributed by atoms with van der Waals surface area (Å²) in [6, 6.07) is 6.34. The second-order valence-corrected chi connectivity index (χ2v) is 5.19. The number of amides is 4. The Bertz CT molecular complexity index is 544. The van der Waals surface area contributed by atoms with Gasteiger partial charge < -0.3 is 0 Å². The third kappa shape index (κ3) is 2.68. The van der Waals surface area contributed by atoms with Crippen molar-refractivity contribution in [3.8, 4) is 0 Å². The van der Waals surface area contributed by atoms with Crippen molar-refractivity contribution < 1.29 is 14.4 Å². The van der Waals surface area contributed by atoms with Gasteiger partial charge in [0.15, 0.2) is 0 Å². The number of hydrogen-bond acceptors (Lipinski definition) is 3. The number of urea groups is 1. The molecule has 5 nitrogen and oxygen atoms in total. The lowest BCUT2D eigenvalue weighted by molar-refractivity contribution is -0.138. The maximum Gasteiger partial charge on any atom is 0.330 e. The third-order valence-corrected chi connectivity index (χ3v) is 3.37. The molecule has 1 aliphatic heterocycles. The van der Waals surface area contributed by atoms with E-state index in [1.807, 2.05) is 13.0 Å². The second-order valence-electron chi connectivity index (χ2n) is 4.27. The van der Waals surface area contributed by atoms with Crippen LogP contribution in [0.25, 0.3) is 0 Å². The fraction of sp³-hybridized carbons (Fsp3) is 0.308. The molecule has 1 aromatic rings. The van der Waals surface area contributed by atoms with Crippen molar-refractivity contribution in [1.82, 2.24) is 10.2 Å². The Morgan fingerprint density at radius 1 is 1.32 bits per heavy atom. The number of nitrogens with zero attached hydrogens (tertiary/aromatic N) is 1. The molecule has 0 spiro atoms. The van der Waals surface area contributed by atoms with Gasteiger partial charge in [0.2, 0.25) is 11.8 Å². The molecule has 1 saturated heterocycles. The van der Waals surface area contributed by atoms with Crippen LogP contribution in [0.15, 0.2) is 28.7 Å². The van der Waals surface area contributed by atoms with E-state index in [-0.39, 0.29) is 0 Å². The van der Waals surface area contributed by atoms with Crippen molar-refractivity contribution in [3.63, 3.8) is 0 Å². The molecule has 0 aromatic heterocycles. The molecule has 4 amide bonds. The van der Waals surface area contributed by atoms with Crippen molar-refractivity contribution in [2.75, 3.05) is 6.54 Å². The first-order valence-electron chi connectivity index (χ1n) is 5.96. The fourth-order valence-electron chi connectivity index (χ4n) is 2.03. The van der Waals surface area contributed by atoms with Crippen molar-refractivity contribution in [2.24, 2.45) is 0 Å². The zero-order valence-corrected chi connectivity index (χ0v) is 11.9. The molecule has 6 heteroatoms. The predicted molar refractivity (Wildman–Crippen MR) is 72.4 cm³/mol. The first kappa shape index (κ1) is 13.7. The first-order chi connectivity index (χ1) is 9.04. The van der Waals surface area contributed by atoms with Crippen LogP contribution in [0.1, 0.15) is 24.8 Å². The van der Waals surface area contributed by atoms with Crippen LogP contribution in [0.5, 0.6) is 0 Å².